The maximum atomic E-state index is 12.6. The Labute approximate surface area is 161 Å². The number of alkyl halides is 3. The fraction of sp³-hybridized carbons (Fsp3) is 0.353. The number of hydrogen-bond acceptors (Lipinski definition) is 4. The van der Waals surface area contributed by atoms with Crippen LogP contribution < -0.4 is 10.1 Å². The lowest BCUT2D eigenvalue weighted by atomic mass is 10.1. The Hall–Kier alpha value is -2.36. The summed E-state index contributed by atoms with van der Waals surface area (Å²) in [6.45, 7) is 0.874. The quantitative estimate of drug-likeness (QED) is 0.764. The SMILES string of the molecule is O=C(Nc1ccc(C(F)(F)F)cc1)N1CCC[C@@H](Oc2ncc(Br)cn2)C1. The predicted molar refractivity (Wildman–Crippen MR) is 95.4 cm³/mol. The van der Waals surface area contributed by atoms with Gasteiger partial charge in [-0.15, -0.1) is 0 Å². The van der Waals surface area contributed by atoms with Gasteiger partial charge in [0.25, 0.3) is 0 Å². The molecule has 1 saturated heterocycles. The monoisotopic (exact) mass is 444 g/mol. The second-order valence-electron chi connectivity index (χ2n) is 6.02. The van der Waals surface area contributed by atoms with E-state index in [9.17, 15) is 18.0 Å². The van der Waals surface area contributed by atoms with Gasteiger partial charge >= 0.3 is 18.2 Å². The molecule has 1 aliphatic rings. The van der Waals surface area contributed by atoms with Crippen LogP contribution in [0.3, 0.4) is 0 Å². The molecule has 1 N–H and O–H groups in total. The van der Waals surface area contributed by atoms with Crippen LogP contribution in [0.25, 0.3) is 0 Å². The van der Waals surface area contributed by atoms with Gasteiger partial charge in [0.15, 0.2) is 0 Å². The molecule has 144 valence electrons. The molecule has 1 fully saturated rings. The molecule has 27 heavy (non-hydrogen) atoms. The van der Waals surface area contributed by atoms with Gasteiger partial charge in [-0.3, -0.25) is 0 Å². The van der Waals surface area contributed by atoms with Crippen LogP contribution in [0, 0.1) is 0 Å². The van der Waals surface area contributed by atoms with E-state index in [0.29, 0.717) is 18.8 Å². The van der Waals surface area contributed by atoms with Crippen LogP contribution in [0.5, 0.6) is 6.01 Å². The first-order valence-corrected chi connectivity index (χ1v) is 8.98. The standard InChI is InChI=1S/C17H16BrF3N4O2/c18-12-8-22-15(23-9-12)27-14-2-1-7-25(10-14)16(26)24-13-5-3-11(4-6-13)17(19,20)21/h3-6,8-9,14H,1-2,7,10H2,(H,24,26)/t14-/m1/s1. The van der Waals surface area contributed by atoms with Crippen LogP contribution >= 0.6 is 15.9 Å². The molecule has 1 atom stereocenters. The molecule has 10 heteroatoms. The fourth-order valence-corrected chi connectivity index (χ4v) is 2.88. The normalized spacial score (nSPS) is 17.5. The van der Waals surface area contributed by atoms with E-state index in [1.807, 2.05) is 0 Å². The number of anilines is 1. The Morgan fingerprint density at radius 2 is 1.89 bits per heavy atom. The van der Waals surface area contributed by atoms with Gasteiger partial charge in [-0.2, -0.15) is 13.2 Å². The second-order valence-corrected chi connectivity index (χ2v) is 6.93. The number of carbonyl (C=O) groups excluding carboxylic acids is 1. The lowest BCUT2D eigenvalue weighted by Gasteiger charge is -2.32. The minimum atomic E-state index is -4.41. The maximum absolute atomic E-state index is 12.6. The lowest BCUT2D eigenvalue weighted by molar-refractivity contribution is -0.137. The molecule has 0 saturated carbocycles. The molecule has 0 aliphatic carbocycles. The average Bonchev–Trinajstić information content (AvgIpc) is 2.63. The smallest absolute Gasteiger partial charge is 0.416 e. The highest BCUT2D eigenvalue weighted by Gasteiger charge is 2.30. The summed E-state index contributed by atoms with van der Waals surface area (Å²) in [6, 6.07) is 4.17. The van der Waals surface area contributed by atoms with E-state index in [1.54, 1.807) is 17.3 Å². The first-order chi connectivity index (χ1) is 12.8. The summed E-state index contributed by atoms with van der Waals surface area (Å²) in [7, 11) is 0. The summed E-state index contributed by atoms with van der Waals surface area (Å²) >= 11 is 3.24. The van der Waals surface area contributed by atoms with Gasteiger partial charge in [-0.05, 0) is 53.0 Å². The second kappa shape index (κ2) is 8.12. The van der Waals surface area contributed by atoms with Crippen molar-refractivity contribution < 1.29 is 22.7 Å². The van der Waals surface area contributed by atoms with E-state index in [2.05, 4.69) is 31.2 Å². The molecule has 0 bridgehead atoms. The zero-order chi connectivity index (χ0) is 19.4. The highest BCUT2D eigenvalue weighted by atomic mass is 79.9. The van der Waals surface area contributed by atoms with Gasteiger partial charge in [0.1, 0.15) is 6.10 Å². The topological polar surface area (TPSA) is 67.4 Å². The molecule has 3 rings (SSSR count). The van der Waals surface area contributed by atoms with E-state index >= 15 is 0 Å². The van der Waals surface area contributed by atoms with Crippen LogP contribution in [0.15, 0.2) is 41.1 Å². The van der Waals surface area contributed by atoms with Crippen LogP contribution in [-0.2, 0) is 6.18 Å². The maximum Gasteiger partial charge on any atom is 0.416 e. The van der Waals surface area contributed by atoms with Crippen molar-refractivity contribution in [2.24, 2.45) is 0 Å². The number of halogens is 4. The van der Waals surface area contributed by atoms with E-state index in [0.717, 1.165) is 29.4 Å². The number of amides is 2. The zero-order valence-corrected chi connectivity index (χ0v) is 15.6. The first kappa shape index (κ1) is 19.4. The summed E-state index contributed by atoms with van der Waals surface area (Å²) in [5.74, 6) is 0. The number of urea groups is 1. The van der Waals surface area contributed by atoms with Gasteiger partial charge in [0.2, 0.25) is 0 Å². The minimum Gasteiger partial charge on any atom is -0.458 e. The van der Waals surface area contributed by atoms with Crippen LogP contribution in [0.2, 0.25) is 0 Å². The Balaban J connectivity index is 1.57. The van der Waals surface area contributed by atoms with E-state index in [-0.39, 0.29) is 18.1 Å². The van der Waals surface area contributed by atoms with Crippen molar-refractivity contribution in [3.63, 3.8) is 0 Å². The highest BCUT2D eigenvalue weighted by Crippen LogP contribution is 2.30. The first-order valence-electron chi connectivity index (χ1n) is 8.18. The summed E-state index contributed by atoms with van der Waals surface area (Å²) in [5.41, 5.74) is -0.464. The predicted octanol–water partition coefficient (Wildman–Crippen LogP) is 4.33. The Morgan fingerprint density at radius 3 is 2.52 bits per heavy atom. The molecule has 1 aromatic carbocycles. The molecular weight excluding hydrogens is 429 g/mol. The number of hydrogen-bond donors (Lipinski definition) is 1. The number of benzene rings is 1. The molecule has 0 radical (unpaired) electrons. The largest absolute Gasteiger partial charge is 0.458 e. The third-order valence-corrected chi connectivity index (χ3v) is 4.41. The lowest BCUT2D eigenvalue weighted by Crippen LogP contribution is -2.46. The van der Waals surface area contributed by atoms with Crippen molar-refractivity contribution in [3.8, 4) is 6.01 Å². The van der Waals surface area contributed by atoms with E-state index in [4.69, 9.17) is 4.74 Å². The number of likely N-dealkylation sites (tertiary alicyclic amines) is 1. The summed E-state index contributed by atoms with van der Waals surface area (Å²) in [4.78, 5) is 22.0. The van der Waals surface area contributed by atoms with Gasteiger partial charge in [0.05, 0.1) is 16.6 Å². The fourth-order valence-electron chi connectivity index (χ4n) is 2.67. The van der Waals surface area contributed by atoms with Gasteiger partial charge in [0, 0.05) is 24.6 Å². The molecule has 1 aliphatic heterocycles. The Morgan fingerprint density at radius 1 is 1.22 bits per heavy atom. The van der Waals surface area contributed by atoms with Crippen LogP contribution in [0.4, 0.5) is 23.7 Å². The van der Waals surface area contributed by atoms with Crippen molar-refractivity contribution in [3.05, 3.63) is 46.7 Å². The van der Waals surface area contributed by atoms with Crippen molar-refractivity contribution >= 4 is 27.6 Å². The van der Waals surface area contributed by atoms with E-state index in [1.165, 1.54) is 12.1 Å². The summed E-state index contributed by atoms with van der Waals surface area (Å²) < 4.78 is 44.2. The third kappa shape index (κ3) is 5.31. The molecule has 0 unspecified atom stereocenters. The zero-order valence-electron chi connectivity index (χ0n) is 14.0. The molecule has 2 amide bonds. The van der Waals surface area contributed by atoms with E-state index < -0.39 is 11.7 Å². The molecular formula is C17H16BrF3N4O2. The molecule has 2 aromatic rings. The Bertz CT molecular complexity index is 784. The van der Waals surface area contributed by atoms with Gasteiger partial charge < -0.3 is 15.0 Å². The van der Waals surface area contributed by atoms with Crippen molar-refractivity contribution in [2.45, 2.75) is 25.1 Å². The number of carbonyl (C=O) groups is 1. The number of rotatable bonds is 3. The van der Waals surface area contributed by atoms with Crippen molar-refractivity contribution in [1.29, 1.82) is 0 Å². The highest BCUT2D eigenvalue weighted by molar-refractivity contribution is 9.10. The molecule has 2 heterocycles. The molecule has 6 nitrogen and oxygen atoms in total. The summed E-state index contributed by atoms with van der Waals surface area (Å²) in [5, 5.41) is 2.61. The number of ether oxygens (including phenoxy) is 1. The van der Waals surface area contributed by atoms with Crippen molar-refractivity contribution in [2.75, 3.05) is 18.4 Å². The van der Waals surface area contributed by atoms with Gasteiger partial charge in [-0.1, -0.05) is 0 Å². The molecule has 0 spiro atoms. The molecule has 1 aromatic heterocycles. The Kier molecular flexibility index (Phi) is 5.83. The van der Waals surface area contributed by atoms with Gasteiger partial charge in [-0.25, -0.2) is 14.8 Å². The summed E-state index contributed by atoms with van der Waals surface area (Å²) in [6.07, 6.45) is -0.0287. The van der Waals surface area contributed by atoms with Crippen molar-refractivity contribution in [1.82, 2.24) is 14.9 Å². The third-order valence-electron chi connectivity index (χ3n) is 4.00. The number of nitrogens with one attached hydrogen (secondary N) is 1. The van der Waals surface area contributed by atoms with Crippen LogP contribution in [-0.4, -0.2) is 40.1 Å². The minimum absolute atomic E-state index is 0.230. The number of aromatic nitrogens is 2. The van der Waals surface area contributed by atoms with Crippen LogP contribution in [0.1, 0.15) is 18.4 Å². The number of piperidine rings is 1. The average molecular weight is 445 g/mol. The number of nitrogens with zero attached hydrogens (tertiary/aromatic N) is 3.